The molecular weight excluding hydrogens is 350 g/mol. The molecular formula is C18H25N5O2S. The van der Waals surface area contributed by atoms with E-state index in [0.29, 0.717) is 11.4 Å². The molecule has 8 heteroatoms. The number of benzene rings is 1. The van der Waals surface area contributed by atoms with E-state index in [2.05, 4.69) is 19.7 Å². The van der Waals surface area contributed by atoms with Gasteiger partial charge in [0.25, 0.3) is 0 Å². The quantitative estimate of drug-likeness (QED) is 0.816. The minimum atomic E-state index is -3.50. The number of likely N-dealkylation sites (tertiary alicyclic amines) is 1. The van der Waals surface area contributed by atoms with Gasteiger partial charge in [-0.25, -0.2) is 8.42 Å². The van der Waals surface area contributed by atoms with Crippen LogP contribution in [0.4, 0.5) is 0 Å². The summed E-state index contributed by atoms with van der Waals surface area (Å²) >= 11 is 0. The lowest BCUT2D eigenvalue weighted by Gasteiger charge is -2.25. The van der Waals surface area contributed by atoms with Crippen molar-refractivity contribution in [2.75, 3.05) is 19.6 Å². The van der Waals surface area contributed by atoms with Crippen LogP contribution in [-0.2, 0) is 29.7 Å². The molecule has 2 aromatic rings. The van der Waals surface area contributed by atoms with Crippen molar-refractivity contribution in [3.8, 4) is 0 Å². The molecule has 0 atom stereocenters. The van der Waals surface area contributed by atoms with Crippen LogP contribution < -0.4 is 0 Å². The fourth-order valence-corrected chi connectivity index (χ4v) is 5.22. The number of sulfonamides is 1. The standard InChI is InChI=1S/C18H25N5O2S/c24-26(25,16-8-3-1-4-9-16)22-12-7-13-23-17(19-20-18(23)15-22)14-21-10-5-2-6-11-21/h1,3-4,8-9H,2,5-7,10-15H2. The van der Waals surface area contributed by atoms with Crippen LogP contribution in [0.25, 0.3) is 0 Å². The molecule has 1 saturated heterocycles. The molecule has 2 aliphatic heterocycles. The van der Waals surface area contributed by atoms with Gasteiger partial charge in [-0.15, -0.1) is 10.2 Å². The molecule has 1 aromatic carbocycles. The van der Waals surface area contributed by atoms with Crippen LogP contribution in [0.3, 0.4) is 0 Å². The average Bonchev–Trinajstić information content (AvgIpc) is 2.90. The summed E-state index contributed by atoms with van der Waals surface area (Å²) in [4.78, 5) is 2.76. The van der Waals surface area contributed by atoms with Crippen LogP contribution >= 0.6 is 0 Å². The molecule has 1 fully saturated rings. The van der Waals surface area contributed by atoms with E-state index in [9.17, 15) is 8.42 Å². The van der Waals surface area contributed by atoms with E-state index >= 15 is 0 Å². The van der Waals surface area contributed by atoms with Gasteiger partial charge in [-0.1, -0.05) is 24.6 Å². The van der Waals surface area contributed by atoms with Crippen molar-refractivity contribution in [2.45, 2.75) is 50.2 Å². The van der Waals surface area contributed by atoms with Gasteiger partial charge in [-0.3, -0.25) is 4.90 Å². The Bertz CT molecular complexity index is 844. The van der Waals surface area contributed by atoms with Crippen LogP contribution in [-0.4, -0.2) is 52.0 Å². The molecule has 0 bridgehead atoms. The third-order valence-corrected chi connectivity index (χ3v) is 7.07. The second-order valence-electron chi connectivity index (χ2n) is 7.03. The number of hydrogen-bond donors (Lipinski definition) is 0. The molecule has 26 heavy (non-hydrogen) atoms. The summed E-state index contributed by atoms with van der Waals surface area (Å²) < 4.78 is 29.5. The molecule has 3 heterocycles. The molecule has 140 valence electrons. The highest BCUT2D eigenvalue weighted by Crippen LogP contribution is 2.22. The van der Waals surface area contributed by atoms with Gasteiger partial charge >= 0.3 is 0 Å². The number of rotatable bonds is 4. The topological polar surface area (TPSA) is 71.3 Å². The molecule has 0 unspecified atom stereocenters. The first-order chi connectivity index (χ1) is 12.6. The number of aromatic nitrogens is 3. The van der Waals surface area contributed by atoms with Crippen LogP contribution in [0, 0.1) is 0 Å². The third kappa shape index (κ3) is 3.54. The number of piperidine rings is 1. The summed E-state index contributed by atoms with van der Waals surface area (Å²) in [6, 6.07) is 8.62. The maximum Gasteiger partial charge on any atom is 0.243 e. The largest absolute Gasteiger partial charge is 0.313 e. The molecule has 7 nitrogen and oxygen atoms in total. The summed E-state index contributed by atoms with van der Waals surface area (Å²) in [6.45, 7) is 4.58. The van der Waals surface area contributed by atoms with Crippen molar-refractivity contribution >= 4 is 10.0 Å². The van der Waals surface area contributed by atoms with E-state index in [1.165, 1.54) is 23.6 Å². The summed E-state index contributed by atoms with van der Waals surface area (Å²) in [6.07, 6.45) is 4.55. The lowest BCUT2D eigenvalue weighted by molar-refractivity contribution is 0.213. The Balaban J connectivity index is 1.54. The monoisotopic (exact) mass is 375 g/mol. The van der Waals surface area contributed by atoms with E-state index < -0.39 is 10.0 Å². The van der Waals surface area contributed by atoms with Gasteiger partial charge < -0.3 is 4.57 Å². The van der Waals surface area contributed by atoms with E-state index in [0.717, 1.165) is 44.2 Å². The molecule has 0 saturated carbocycles. The van der Waals surface area contributed by atoms with Crippen molar-refractivity contribution in [1.29, 1.82) is 0 Å². The van der Waals surface area contributed by atoms with Crippen LogP contribution in [0.1, 0.15) is 37.3 Å². The Morgan fingerprint density at radius 2 is 1.65 bits per heavy atom. The Hall–Kier alpha value is -1.77. The number of fused-ring (bicyclic) bond motifs is 1. The van der Waals surface area contributed by atoms with Crippen molar-refractivity contribution in [1.82, 2.24) is 24.0 Å². The molecule has 2 aliphatic rings. The van der Waals surface area contributed by atoms with Gasteiger partial charge in [0.1, 0.15) is 11.6 Å². The maximum absolute atomic E-state index is 12.9. The second-order valence-corrected chi connectivity index (χ2v) is 8.96. The second kappa shape index (κ2) is 7.46. The fourth-order valence-electron chi connectivity index (χ4n) is 3.77. The highest BCUT2D eigenvalue weighted by atomic mass is 32.2. The molecule has 1 aromatic heterocycles. The molecule has 0 spiro atoms. The Labute approximate surface area is 154 Å². The Morgan fingerprint density at radius 3 is 2.42 bits per heavy atom. The minimum absolute atomic E-state index is 0.282. The van der Waals surface area contributed by atoms with E-state index in [-0.39, 0.29) is 6.54 Å². The molecule has 0 N–H and O–H groups in total. The van der Waals surface area contributed by atoms with Gasteiger partial charge in [-0.05, 0) is 44.5 Å². The first-order valence-corrected chi connectivity index (χ1v) is 10.8. The van der Waals surface area contributed by atoms with Crippen molar-refractivity contribution in [2.24, 2.45) is 0 Å². The zero-order chi connectivity index (χ0) is 18.0. The Morgan fingerprint density at radius 1 is 0.885 bits per heavy atom. The molecule has 0 aliphatic carbocycles. The summed E-state index contributed by atoms with van der Waals surface area (Å²) in [5.74, 6) is 1.70. The lowest BCUT2D eigenvalue weighted by atomic mass is 10.1. The van der Waals surface area contributed by atoms with Gasteiger partial charge in [0.2, 0.25) is 10.0 Å². The average molecular weight is 375 g/mol. The first-order valence-electron chi connectivity index (χ1n) is 9.33. The van der Waals surface area contributed by atoms with E-state index in [1.54, 1.807) is 24.3 Å². The number of nitrogens with zero attached hydrogens (tertiary/aromatic N) is 5. The fraction of sp³-hybridized carbons (Fsp3) is 0.556. The summed E-state index contributed by atoms with van der Waals surface area (Å²) in [7, 11) is -3.50. The van der Waals surface area contributed by atoms with Gasteiger partial charge in [0.15, 0.2) is 0 Å². The zero-order valence-electron chi connectivity index (χ0n) is 14.9. The first kappa shape index (κ1) is 17.6. The zero-order valence-corrected chi connectivity index (χ0v) is 15.7. The van der Waals surface area contributed by atoms with E-state index in [4.69, 9.17) is 0 Å². The lowest BCUT2D eigenvalue weighted by Crippen LogP contribution is -2.31. The van der Waals surface area contributed by atoms with Crippen LogP contribution in [0.2, 0.25) is 0 Å². The summed E-state index contributed by atoms with van der Waals surface area (Å²) in [5, 5.41) is 8.69. The summed E-state index contributed by atoms with van der Waals surface area (Å²) in [5.41, 5.74) is 0. The third-order valence-electron chi connectivity index (χ3n) is 5.21. The van der Waals surface area contributed by atoms with Crippen LogP contribution in [0.15, 0.2) is 35.2 Å². The minimum Gasteiger partial charge on any atom is -0.313 e. The Kier molecular flexibility index (Phi) is 5.06. The molecule has 4 rings (SSSR count). The van der Waals surface area contributed by atoms with Crippen molar-refractivity contribution in [3.05, 3.63) is 42.0 Å². The van der Waals surface area contributed by atoms with Gasteiger partial charge in [0, 0.05) is 13.1 Å². The van der Waals surface area contributed by atoms with Crippen LogP contribution in [0.5, 0.6) is 0 Å². The van der Waals surface area contributed by atoms with Gasteiger partial charge in [0.05, 0.1) is 18.0 Å². The highest BCUT2D eigenvalue weighted by molar-refractivity contribution is 7.89. The SMILES string of the molecule is O=S(=O)(c1ccccc1)N1CCCn2c(CN3CCCCC3)nnc2C1. The van der Waals surface area contributed by atoms with Gasteiger partial charge in [-0.2, -0.15) is 4.31 Å². The predicted octanol–water partition coefficient (Wildman–Crippen LogP) is 1.86. The maximum atomic E-state index is 12.9. The van der Waals surface area contributed by atoms with Crippen molar-refractivity contribution < 1.29 is 8.42 Å². The smallest absolute Gasteiger partial charge is 0.243 e. The van der Waals surface area contributed by atoms with Crippen molar-refractivity contribution in [3.63, 3.8) is 0 Å². The highest BCUT2D eigenvalue weighted by Gasteiger charge is 2.29. The normalized spacial score (nSPS) is 19.8. The molecule has 0 radical (unpaired) electrons. The number of hydrogen-bond acceptors (Lipinski definition) is 5. The van der Waals surface area contributed by atoms with E-state index in [1.807, 2.05) is 6.07 Å². The predicted molar refractivity (Wildman–Crippen MR) is 97.8 cm³/mol. The molecule has 0 amide bonds.